The molecule has 0 aliphatic carbocycles. The molecule has 9 heteroatoms. The van der Waals surface area contributed by atoms with Gasteiger partial charge >= 0.3 is 0 Å². The third kappa shape index (κ3) is 3.62. The molecule has 140 valence electrons. The number of hydrogen-bond acceptors (Lipinski definition) is 7. The van der Waals surface area contributed by atoms with Crippen LogP contribution in [-0.4, -0.2) is 38.9 Å². The van der Waals surface area contributed by atoms with E-state index in [-0.39, 0.29) is 17.6 Å². The lowest BCUT2D eigenvalue weighted by Crippen LogP contribution is -2.25. The predicted molar refractivity (Wildman–Crippen MR) is 110 cm³/mol. The molecule has 7 nitrogen and oxygen atoms in total. The number of nitrogens with one attached hydrogen (secondary N) is 2. The second-order valence-electron chi connectivity index (χ2n) is 6.43. The van der Waals surface area contributed by atoms with Gasteiger partial charge in [0.2, 0.25) is 0 Å². The molecule has 2 N–H and O–H groups in total. The molecule has 2 aliphatic rings. The molecule has 2 aromatic rings. The summed E-state index contributed by atoms with van der Waals surface area (Å²) in [6.45, 7) is 3.22. The van der Waals surface area contributed by atoms with Gasteiger partial charge < -0.3 is 15.4 Å². The van der Waals surface area contributed by atoms with Crippen molar-refractivity contribution in [2.24, 2.45) is 0 Å². The van der Waals surface area contributed by atoms with Crippen LogP contribution < -0.4 is 16.2 Å². The molecule has 27 heavy (non-hydrogen) atoms. The number of hydrogen-bond donors (Lipinski definition) is 2. The third-order valence-electron chi connectivity index (χ3n) is 4.52. The van der Waals surface area contributed by atoms with E-state index in [9.17, 15) is 9.59 Å². The topological polar surface area (TPSA) is 84.7 Å². The number of nitrogens with zero attached hydrogens (tertiary/aromatic N) is 2. The number of carbonyl (C=O) groups is 1. The highest BCUT2D eigenvalue weighted by Crippen LogP contribution is 2.27. The van der Waals surface area contributed by atoms with E-state index in [1.807, 2.05) is 13.0 Å². The van der Waals surface area contributed by atoms with Crippen molar-refractivity contribution in [3.8, 4) is 0 Å². The highest BCUT2D eigenvalue weighted by Gasteiger charge is 2.24. The summed E-state index contributed by atoms with van der Waals surface area (Å²) >= 11 is 6.17. The predicted octanol–water partition coefficient (Wildman–Crippen LogP) is 2.08. The van der Waals surface area contributed by atoms with E-state index >= 15 is 0 Å². The number of fused-ring (bicyclic) bond motifs is 1. The molecule has 0 aromatic carbocycles. The third-order valence-corrected chi connectivity index (χ3v) is 5.69. The minimum Gasteiger partial charge on any atom is -0.376 e. The standard InChI is InChI=1S/C18H18N4O3S2/c1-10-4-2-6-22-15(10)20-14(19-9-11-5-3-7-25-11)12(17(22)24)8-13-16(23)21-18(26)27-13/h2,4,6,8,11,19H,3,5,7,9H2,1H3,(H,21,23,26)/b13-8-. The Bertz CT molecular complexity index is 1030. The molecule has 0 radical (unpaired) electrons. The molecule has 1 atom stereocenters. The number of pyridine rings is 1. The maximum absolute atomic E-state index is 13.1. The largest absolute Gasteiger partial charge is 0.376 e. The first-order valence-electron chi connectivity index (χ1n) is 8.65. The van der Waals surface area contributed by atoms with Crippen LogP contribution >= 0.6 is 24.0 Å². The summed E-state index contributed by atoms with van der Waals surface area (Å²) < 4.78 is 7.52. The maximum atomic E-state index is 13.1. The molecule has 4 heterocycles. The fourth-order valence-corrected chi connectivity index (χ4v) is 4.17. The van der Waals surface area contributed by atoms with Gasteiger partial charge in [0.25, 0.3) is 11.5 Å². The van der Waals surface area contributed by atoms with Crippen molar-refractivity contribution in [1.29, 1.82) is 0 Å². The van der Waals surface area contributed by atoms with Crippen molar-refractivity contribution >= 4 is 51.7 Å². The van der Waals surface area contributed by atoms with Crippen LogP contribution in [0.1, 0.15) is 24.0 Å². The first-order chi connectivity index (χ1) is 13.0. The number of thiocarbonyl (C=S) groups is 1. The van der Waals surface area contributed by atoms with E-state index in [1.54, 1.807) is 18.3 Å². The summed E-state index contributed by atoms with van der Waals surface area (Å²) in [5.74, 6) is 0.146. The molecular formula is C18H18N4O3S2. The Hall–Kier alpha value is -2.23. The molecule has 2 aromatic heterocycles. The van der Waals surface area contributed by atoms with Crippen LogP contribution in [0.4, 0.5) is 5.82 Å². The van der Waals surface area contributed by atoms with Crippen molar-refractivity contribution in [2.45, 2.75) is 25.9 Å². The molecule has 0 spiro atoms. The molecule has 1 unspecified atom stereocenters. The van der Waals surface area contributed by atoms with E-state index in [1.165, 1.54) is 4.40 Å². The van der Waals surface area contributed by atoms with Gasteiger partial charge in [-0.1, -0.05) is 30.0 Å². The number of anilines is 1. The highest BCUT2D eigenvalue weighted by atomic mass is 32.2. The lowest BCUT2D eigenvalue weighted by atomic mass is 10.2. The quantitative estimate of drug-likeness (QED) is 0.598. The summed E-state index contributed by atoms with van der Waals surface area (Å²) in [4.78, 5) is 30.2. The second kappa shape index (κ2) is 7.41. The number of rotatable bonds is 4. The lowest BCUT2D eigenvalue weighted by Gasteiger charge is -2.15. The first kappa shape index (κ1) is 18.1. The van der Waals surface area contributed by atoms with E-state index in [4.69, 9.17) is 17.0 Å². The number of ether oxygens (including phenoxy) is 1. The number of aromatic nitrogens is 2. The Morgan fingerprint density at radius 2 is 2.37 bits per heavy atom. The van der Waals surface area contributed by atoms with E-state index in [0.717, 1.165) is 36.8 Å². The van der Waals surface area contributed by atoms with Crippen LogP contribution in [0.25, 0.3) is 11.7 Å². The number of amides is 1. The second-order valence-corrected chi connectivity index (χ2v) is 8.15. The molecule has 2 aliphatic heterocycles. The number of carbonyl (C=O) groups excluding carboxylic acids is 1. The SMILES string of the molecule is Cc1cccn2c(=O)c(/C=C3\SC(=S)NC3=O)c(NCC3CCCO3)nc12. The Morgan fingerprint density at radius 3 is 3.07 bits per heavy atom. The van der Waals surface area contributed by atoms with Gasteiger partial charge in [-0.3, -0.25) is 14.0 Å². The van der Waals surface area contributed by atoms with Crippen molar-refractivity contribution in [2.75, 3.05) is 18.5 Å². The minimum atomic E-state index is -0.302. The summed E-state index contributed by atoms with van der Waals surface area (Å²) in [5.41, 5.74) is 1.57. The number of aryl methyl sites for hydroxylation is 1. The molecule has 4 rings (SSSR count). The normalized spacial score (nSPS) is 21.2. The molecule has 0 saturated carbocycles. The monoisotopic (exact) mass is 402 g/mol. The fourth-order valence-electron chi connectivity index (χ4n) is 3.14. The van der Waals surface area contributed by atoms with E-state index < -0.39 is 0 Å². The van der Waals surface area contributed by atoms with Gasteiger partial charge in [-0.25, -0.2) is 4.98 Å². The zero-order valence-corrected chi connectivity index (χ0v) is 16.3. The first-order valence-corrected chi connectivity index (χ1v) is 9.88. The Morgan fingerprint density at radius 1 is 1.52 bits per heavy atom. The van der Waals surface area contributed by atoms with Crippen LogP contribution in [-0.2, 0) is 9.53 Å². The highest BCUT2D eigenvalue weighted by molar-refractivity contribution is 8.26. The molecule has 0 bridgehead atoms. The van der Waals surface area contributed by atoms with Crippen LogP contribution in [0.2, 0.25) is 0 Å². The van der Waals surface area contributed by atoms with Crippen molar-refractivity contribution in [3.63, 3.8) is 0 Å². The lowest BCUT2D eigenvalue weighted by molar-refractivity contribution is -0.115. The van der Waals surface area contributed by atoms with E-state index in [2.05, 4.69) is 15.6 Å². The van der Waals surface area contributed by atoms with Gasteiger partial charge in [0.1, 0.15) is 15.8 Å². The van der Waals surface area contributed by atoms with Crippen molar-refractivity contribution in [3.05, 3.63) is 44.7 Å². The Labute approximate surface area is 165 Å². The average molecular weight is 403 g/mol. The van der Waals surface area contributed by atoms with Gasteiger partial charge in [-0.05, 0) is 37.5 Å². The Balaban J connectivity index is 1.81. The van der Waals surface area contributed by atoms with Crippen LogP contribution in [0, 0.1) is 6.92 Å². The summed E-state index contributed by atoms with van der Waals surface area (Å²) in [6.07, 6.45) is 5.34. The van der Waals surface area contributed by atoms with Gasteiger partial charge in [0.15, 0.2) is 0 Å². The van der Waals surface area contributed by atoms with Gasteiger partial charge in [0.05, 0.1) is 16.6 Å². The van der Waals surface area contributed by atoms with Crippen molar-refractivity contribution in [1.82, 2.24) is 14.7 Å². The molecular weight excluding hydrogens is 384 g/mol. The zero-order valence-electron chi connectivity index (χ0n) is 14.7. The number of thioether (sulfide) groups is 1. The summed E-state index contributed by atoms with van der Waals surface area (Å²) in [5, 5.41) is 5.81. The minimum absolute atomic E-state index is 0.0966. The smallest absolute Gasteiger partial charge is 0.267 e. The fraction of sp³-hybridized carbons (Fsp3) is 0.333. The zero-order chi connectivity index (χ0) is 19.0. The van der Waals surface area contributed by atoms with Crippen molar-refractivity contribution < 1.29 is 9.53 Å². The molecule has 2 saturated heterocycles. The average Bonchev–Trinajstić information content (AvgIpc) is 3.26. The maximum Gasteiger partial charge on any atom is 0.267 e. The van der Waals surface area contributed by atoms with Gasteiger partial charge in [-0.15, -0.1) is 0 Å². The molecule has 1 amide bonds. The molecule has 2 fully saturated rings. The Kier molecular flexibility index (Phi) is 4.98. The van der Waals surface area contributed by atoms with Crippen LogP contribution in [0.15, 0.2) is 28.0 Å². The van der Waals surface area contributed by atoms with Gasteiger partial charge in [-0.2, -0.15) is 0 Å². The summed E-state index contributed by atoms with van der Waals surface area (Å²) in [6, 6.07) is 3.70. The summed E-state index contributed by atoms with van der Waals surface area (Å²) in [7, 11) is 0. The van der Waals surface area contributed by atoms with Crippen LogP contribution in [0.3, 0.4) is 0 Å². The van der Waals surface area contributed by atoms with Gasteiger partial charge in [0, 0.05) is 19.3 Å². The van der Waals surface area contributed by atoms with Crippen LogP contribution in [0.5, 0.6) is 0 Å². The van der Waals surface area contributed by atoms with E-state index in [0.29, 0.717) is 32.8 Å².